The average molecular weight is 350 g/mol. The number of nitrogens with two attached hydrogens (primary N) is 2. The van der Waals surface area contributed by atoms with Crippen LogP contribution in [0.4, 0.5) is 11.8 Å². The van der Waals surface area contributed by atoms with Gasteiger partial charge in [-0.05, 0) is 17.7 Å². The zero-order valence-electron chi connectivity index (χ0n) is 14.4. The molecule has 0 aliphatic carbocycles. The molecule has 0 radical (unpaired) electrons. The largest absolute Gasteiger partial charge is 0.493 e. The summed E-state index contributed by atoms with van der Waals surface area (Å²) in [4.78, 5) is 7.59. The summed E-state index contributed by atoms with van der Waals surface area (Å²) < 4.78 is 21.4. The van der Waals surface area contributed by atoms with Gasteiger partial charge in [0.1, 0.15) is 12.4 Å². The molecule has 2 aromatic rings. The summed E-state index contributed by atoms with van der Waals surface area (Å²) in [5.74, 6) is 1.21. The number of aromatic nitrogens is 2. The highest BCUT2D eigenvalue weighted by Gasteiger charge is 2.17. The number of methoxy groups -OCH3 is 3. The fourth-order valence-corrected chi connectivity index (χ4v) is 2.29. The third-order valence-electron chi connectivity index (χ3n) is 3.47. The topological polar surface area (TPSA) is 135 Å². The van der Waals surface area contributed by atoms with Crippen molar-refractivity contribution in [3.8, 4) is 23.1 Å². The van der Waals surface area contributed by atoms with Crippen molar-refractivity contribution in [3.05, 3.63) is 23.3 Å². The maximum absolute atomic E-state index is 9.97. The average Bonchev–Trinajstić information content (AvgIpc) is 2.58. The van der Waals surface area contributed by atoms with Crippen LogP contribution in [0.5, 0.6) is 23.1 Å². The quantitative estimate of drug-likeness (QED) is 0.595. The Morgan fingerprint density at radius 3 is 2.16 bits per heavy atom. The van der Waals surface area contributed by atoms with Crippen molar-refractivity contribution in [2.75, 3.05) is 46.0 Å². The molecule has 0 atom stereocenters. The first-order chi connectivity index (χ1) is 12.0. The fraction of sp³-hybridized carbons (Fsp3) is 0.375. The van der Waals surface area contributed by atoms with Crippen molar-refractivity contribution in [1.82, 2.24) is 9.97 Å². The molecule has 0 fully saturated rings. The van der Waals surface area contributed by atoms with E-state index < -0.39 is 0 Å². The Balaban J connectivity index is 2.36. The normalized spacial score (nSPS) is 10.5. The molecular formula is C16H22N4O5. The van der Waals surface area contributed by atoms with Crippen molar-refractivity contribution in [2.24, 2.45) is 0 Å². The van der Waals surface area contributed by atoms with Gasteiger partial charge in [-0.15, -0.1) is 0 Å². The molecule has 0 unspecified atom stereocenters. The number of nitrogen functional groups attached to an aromatic ring is 2. The molecule has 25 heavy (non-hydrogen) atoms. The van der Waals surface area contributed by atoms with Gasteiger partial charge in [-0.3, -0.25) is 0 Å². The molecule has 1 heterocycles. The first kappa shape index (κ1) is 18.4. The number of rotatable bonds is 8. The lowest BCUT2D eigenvalue weighted by Gasteiger charge is -2.16. The summed E-state index contributed by atoms with van der Waals surface area (Å²) >= 11 is 0. The van der Waals surface area contributed by atoms with Crippen molar-refractivity contribution in [1.29, 1.82) is 0 Å². The molecule has 0 aliphatic rings. The lowest BCUT2D eigenvalue weighted by molar-refractivity contribution is 0.142. The van der Waals surface area contributed by atoms with Crippen LogP contribution >= 0.6 is 0 Å². The van der Waals surface area contributed by atoms with E-state index in [1.165, 1.54) is 14.2 Å². The van der Waals surface area contributed by atoms with Crippen LogP contribution in [0, 0.1) is 0 Å². The molecule has 2 rings (SSSR count). The van der Waals surface area contributed by atoms with Gasteiger partial charge in [-0.2, -0.15) is 9.97 Å². The van der Waals surface area contributed by atoms with Crippen LogP contribution in [-0.2, 0) is 11.2 Å². The molecule has 0 bridgehead atoms. The molecule has 1 aromatic carbocycles. The van der Waals surface area contributed by atoms with E-state index in [0.29, 0.717) is 36.0 Å². The minimum Gasteiger partial charge on any atom is -0.493 e. The van der Waals surface area contributed by atoms with E-state index in [4.69, 9.17) is 30.4 Å². The lowest BCUT2D eigenvalue weighted by Crippen LogP contribution is -2.08. The van der Waals surface area contributed by atoms with Crippen LogP contribution in [0.1, 0.15) is 11.1 Å². The van der Waals surface area contributed by atoms with E-state index in [0.717, 1.165) is 5.56 Å². The molecule has 0 spiro atoms. The second-order valence-electron chi connectivity index (χ2n) is 5.12. The van der Waals surface area contributed by atoms with Crippen molar-refractivity contribution in [2.45, 2.75) is 6.42 Å². The number of hydrogen-bond acceptors (Lipinski definition) is 9. The molecular weight excluding hydrogens is 328 g/mol. The number of nitrogens with zero attached hydrogens (tertiary/aromatic N) is 2. The molecule has 0 saturated carbocycles. The Bertz CT molecular complexity index is 690. The second-order valence-corrected chi connectivity index (χ2v) is 5.12. The van der Waals surface area contributed by atoms with Gasteiger partial charge in [0.25, 0.3) is 0 Å². The zero-order valence-corrected chi connectivity index (χ0v) is 14.4. The van der Waals surface area contributed by atoms with Gasteiger partial charge in [0.2, 0.25) is 17.6 Å². The highest BCUT2D eigenvalue weighted by Crippen LogP contribution is 2.39. The summed E-state index contributed by atoms with van der Waals surface area (Å²) in [5.41, 5.74) is 12.4. The molecule has 1 aromatic heterocycles. The fourth-order valence-electron chi connectivity index (χ4n) is 2.29. The maximum Gasteiger partial charge on any atom is 0.225 e. The molecule has 0 amide bonds. The highest BCUT2D eigenvalue weighted by molar-refractivity contribution is 5.57. The molecule has 0 saturated heterocycles. The standard InChI is InChI=1S/C16H22N4O5/c1-22-4-5-25-13-11(23-2)7-9(8-12(13)24-3)6-10-14(17)19-16(18)20-15(10)21/h7-8H,4-6H2,1-3H3,(H5,17,18,19,20,21). The van der Waals surface area contributed by atoms with Crippen LogP contribution in [0.3, 0.4) is 0 Å². The Kier molecular flexibility index (Phi) is 6.07. The van der Waals surface area contributed by atoms with Gasteiger partial charge < -0.3 is 35.5 Å². The number of aromatic hydroxyl groups is 1. The predicted molar refractivity (Wildman–Crippen MR) is 92.2 cm³/mol. The zero-order chi connectivity index (χ0) is 18.4. The van der Waals surface area contributed by atoms with Gasteiger partial charge in [-0.25, -0.2) is 0 Å². The Hall–Kier alpha value is -2.94. The third-order valence-corrected chi connectivity index (χ3v) is 3.47. The number of hydrogen-bond donors (Lipinski definition) is 3. The summed E-state index contributed by atoms with van der Waals surface area (Å²) in [5, 5.41) is 9.97. The lowest BCUT2D eigenvalue weighted by atomic mass is 10.0. The van der Waals surface area contributed by atoms with Crippen LogP contribution in [0.2, 0.25) is 0 Å². The SMILES string of the molecule is COCCOc1c(OC)cc(Cc2c(N)nc(N)nc2O)cc1OC. The van der Waals surface area contributed by atoms with Crippen molar-refractivity contribution in [3.63, 3.8) is 0 Å². The van der Waals surface area contributed by atoms with Crippen LogP contribution in [0.15, 0.2) is 12.1 Å². The minimum atomic E-state index is -0.261. The molecule has 136 valence electrons. The molecule has 5 N–H and O–H groups in total. The van der Waals surface area contributed by atoms with Gasteiger partial charge in [0, 0.05) is 13.5 Å². The summed E-state index contributed by atoms with van der Waals surface area (Å²) in [7, 11) is 4.65. The second kappa shape index (κ2) is 8.25. The van der Waals surface area contributed by atoms with E-state index in [2.05, 4.69) is 9.97 Å². The van der Waals surface area contributed by atoms with Crippen LogP contribution < -0.4 is 25.7 Å². The number of benzene rings is 1. The molecule has 9 heteroatoms. The van der Waals surface area contributed by atoms with Crippen LogP contribution in [0.25, 0.3) is 0 Å². The van der Waals surface area contributed by atoms with Gasteiger partial charge >= 0.3 is 0 Å². The van der Waals surface area contributed by atoms with E-state index in [1.54, 1.807) is 19.2 Å². The monoisotopic (exact) mass is 350 g/mol. The van der Waals surface area contributed by atoms with E-state index in [1.807, 2.05) is 0 Å². The maximum atomic E-state index is 9.97. The van der Waals surface area contributed by atoms with Crippen molar-refractivity contribution >= 4 is 11.8 Å². The van der Waals surface area contributed by atoms with Gasteiger partial charge in [0.05, 0.1) is 26.4 Å². The molecule has 0 aliphatic heterocycles. The minimum absolute atomic E-state index is 0.0872. The van der Waals surface area contributed by atoms with E-state index >= 15 is 0 Å². The summed E-state index contributed by atoms with van der Waals surface area (Å²) in [6.07, 6.45) is 0.267. The Morgan fingerprint density at radius 1 is 1.00 bits per heavy atom. The smallest absolute Gasteiger partial charge is 0.225 e. The first-order valence-electron chi connectivity index (χ1n) is 7.47. The van der Waals surface area contributed by atoms with Gasteiger partial charge in [-0.1, -0.05) is 0 Å². The predicted octanol–water partition coefficient (Wildman–Crippen LogP) is 0.980. The number of anilines is 2. The third kappa shape index (κ3) is 4.32. The summed E-state index contributed by atoms with van der Waals surface area (Å²) in [6, 6.07) is 3.53. The summed E-state index contributed by atoms with van der Waals surface area (Å²) in [6.45, 7) is 0.781. The Labute approximate surface area is 145 Å². The van der Waals surface area contributed by atoms with E-state index in [9.17, 15) is 5.11 Å². The highest BCUT2D eigenvalue weighted by atomic mass is 16.6. The molecule has 9 nitrogen and oxygen atoms in total. The van der Waals surface area contributed by atoms with Crippen molar-refractivity contribution < 1.29 is 24.1 Å². The van der Waals surface area contributed by atoms with Gasteiger partial charge in [0.15, 0.2) is 11.5 Å². The van der Waals surface area contributed by atoms with Crippen LogP contribution in [-0.4, -0.2) is 49.6 Å². The Morgan fingerprint density at radius 2 is 1.64 bits per heavy atom. The first-order valence-corrected chi connectivity index (χ1v) is 7.47. The van der Waals surface area contributed by atoms with E-state index in [-0.39, 0.29) is 24.1 Å². The number of ether oxygens (including phenoxy) is 4.